The largest absolute Gasteiger partial charge is 0.325 e. The third-order valence-electron chi connectivity index (χ3n) is 9.42. The van der Waals surface area contributed by atoms with Gasteiger partial charge in [0, 0.05) is 48.4 Å². The summed E-state index contributed by atoms with van der Waals surface area (Å²) in [5, 5.41) is 6.16. The minimum Gasteiger partial charge on any atom is -0.325 e. The van der Waals surface area contributed by atoms with Crippen LogP contribution in [0.4, 0.5) is 9.59 Å². The number of carbonyl (C=O) groups is 2. The average molecular weight is 725 g/mol. The van der Waals surface area contributed by atoms with Crippen LogP contribution in [0.1, 0.15) is 75.6 Å². The second kappa shape index (κ2) is 20.4. The Morgan fingerprint density at radius 3 is 1.09 bits per heavy atom. The molecule has 1 saturated carbocycles. The number of carbonyl (C=O) groups excluding carboxylic acids is 2. The number of nitrogens with one attached hydrogen (secondary N) is 2. The van der Waals surface area contributed by atoms with Crippen molar-refractivity contribution in [2.75, 3.05) is 26.2 Å². The van der Waals surface area contributed by atoms with Gasteiger partial charge >= 0.3 is 12.1 Å². The van der Waals surface area contributed by atoms with Crippen LogP contribution in [-0.2, 0) is 0 Å². The Labute approximate surface area is 319 Å². The topological polar surface area (TPSA) is 114 Å². The van der Waals surface area contributed by atoms with E-state index in [4.69, 9.17) is 20.0 Å². The molecule has 0 aliphatic heterocycles. The number of hydrogen-bond acceptors (Lipinski definition) is 4. The number of amides is 4. The molecule has 0 saturated heterocycles. The van der Waals surface area contributed by atoms with E-state index in [0.717, 1.165) is 47.9 Å². The number of urea groups is 2. The second-order valence-corrected chi connectivity index (χ2v) is 12.9. The van der Waals surface area contributed by atoms with Crippen LogP contribution in [0.5, 0.6) is 0 Å². The zero-order chi connectivity index (χ0) is 38.1. The van der Waals surface area contributed by atoms with Crippen molar-refractivity contribution in [3.8, 4) is 0 Å². The molecule has 1 aliphatic rings. The fourth-order valence-corrected chi connectivity index (χ4v) is 6.33. The van der Waals surface area contributed by atoms with Gasteiger partial charge in [-0.2, -0.15) is 0 Å². The molecular formula is C44H52N8O2. The number of benzene rings is 4. The standard InChI is InChI=1S/C44H52N8O2/c1-5-51(6-2)43(53)49-41(35-27-17-11-18-28-35)47-39(33-23-13-9-14-24-33)45-37-31-21-22-32-38(37)46-40(34-25-15-10-16-26-34)48-42(36-29-19-12-20-30-36)50-44(54)52(7-3)8-4/h9-20,23-30,37-38H,5-8,21-22,31-32H2,1-4H3,(H,45,47,49,53)(H,46,48,50,54). The Morgan fingerprint density at radius 2 is 0.796 bits per heavy atom. The number of rotatable bonds is 10. The molecule has 10 nitrogen and oxygen atoms in total. The van der Waals surface area contributed by atoms with Gasteiger partial charge in [-0.1, -0.05) is 134 Å². The van der Waals surface area contributed by atoms with Crippen molar-refractivity contribution in [2.24, 2.45) is 20.0 Å². The molecule has 4 aromatic carbocycles. The maximum Gasteiger partial charge on any atom is 0.323 e. The molecule has 4 aromatic rings. The molecule has 280 valence electrons. The highest BCUT2D eigenvalue weighted by Gasteiger charge is 2.27. The van der Waals surface area contributed by atoms with Crippen molar-refractivity contribution in [3.63, 3.8) is 0 Å². The van der Waals surface area contributed by atoms with Gasteiger partial charge in [0.25, 0.3) is 0 Å². The van der Waals surface area contributed by atoms with Crippen LogP contribution >= 0.6 is 0 Å². The van der Waals surface area contributed by atoms with E-state index in [9.17, 15) is 9.59 Å². The van der Waals surface area contributed by atoms with Crippen LogP contribution in [-0.4, -0.2) is 83.5 Å². The number of amidine groups is 4. The molecule has 1 fully saturated rings. The summed E-state index contributed by atoms with van der Waals surface area (Å²) >= 11 is 0. The molecule has 54 heavy (non-hydrogen) atoms. The summed E-state index contributed by atoms with van der Waals surface area (Å²) in [4.78, 5) is 51.1. The van der Waals surface area contributed by atoms with Gasteiger partial charge in [-0.25, -0.2) is 19.6 Å². The minimum absolute atomic E-state index is 0.215. The molecule has 0 spiro atoms. The van der Waals surface area contributed by atoms with Gasteiger partial charge in [-0.05, 0) is 40.5 Å². The first-order valence-electron chi connectivity index (χ1n) is 19.1. The summed E-state index contributed by atoms with van der Waals surface area (Å²) < 4.78 is 0. The van der Waals surface area contributed by atoms with Crippen molar-refractivity contribution >= 4 is 35.4 Å². The second-order valence-electron chi connectivity index (χ2n) is 12.9. The molecule has 0 aromatic heterocycles. The van der Waals surface area contributed by atoms with Crippen molar-refractivity contribution in [1.82, 2.24) is 20.4 Å². The van der Waals surface area contributed by atoms with Gasteiger partial charge in [0.1, 0.15) is 11.7 Å². The van der Waals surface area contributed by atoms with E-state index in [1.165, 1.54) is 0 Å². The monoisotopic (exact) mass is 724 g/mol. The summed E-state index contributed by atoms with van der Waals surface area (Å²) in [5.41, 5.74) is 3.23. The van der Waals surface area contributed by atoms with Crippen molar-refractivity contribution in [2.45, 2.75) is 65.5 Å². The smallest absolute Gasteiger partial charge is 0.323 e. The maximum absolute atomic E-state index is 13.4. The Kier molecular flexibility index (Phi) is 14.8. The molecule has 0 bridgehead atoms. The normalized spacial score (nSPS) is 16.7. The lowest BCUT2D eigenvalue weighted by atomic mass is 9.91. The first-order valence-corrected chi connectivity index (χ1v) is 19.1. The van der Waals surface area contributed by atoms with E-state index >= 15 is 0 Å². The highest BCUT2D eigenvalue weighted by molar-refractivity contribution is 6.16. The lowest BCUT2D eigenvalue weighted by molar-refractivity contribution is 0.207. The summed E-state index contributed by atoms with van der Waals surface area (Å²) in [6.07, 6.45) is 3.61. The Morgan fingerprint density at radius 1 is 0.500 bits per heavy atom. The van der Waals surface area contributed by atoms with Crippen LogP contribution in [0.2, 0.25) is 0 Å². The molecular weight excluding hydrogens is 673 g/mol. The number of aliphatic imine (C=N–C) groups is 4. The zero-order valence-electron chi connectivity index (χ0n) is 31.9. The van der Waals surface area contributed by atoms with Crippen molar-refractivity contribution < 1.29 is 9.59 Å². The molecule has 5 rings (SSSR count). The Bertz CT molecular complexity index is 1760. The van der Waals surface area contributed by atoms with Gasteiger partial charge in [-0.3, -0.25) is 20.6 Å². The van der Waals surface area contributed by atoms with E-state index in [2.05, 4.69) is 10.6 Å². The maximum atomic E-state index is 13.4. The quantitative estimate of drug-likeness (QED) is 0.127. The SMILES string of the molecule is CCN(CC)C(=O)NC(=NC(=NC1CCCCC1N=C(N=C(NC(=O)N(CC)CC)c1ccccc1)c1ccccc1)c1ccccc1)c1ccccc1. The zero-order valence-corrected chi connectivity index (χ0v) is 31.9. The van der Waals surface area contributed by atoms with E-state index in [0.29, 0.717) is 49.5 Å². The van der Waals surface area contributed by atoms with Gasteiger partial charge < -0.3 is 9.80 Å². The first-order chi connectivity index (χ1) is 26.4. The van der Waals surface area contributed by atoms with Gasteiger partial charge in [-0.15, -0.1) is 0 Å². The van der Waals surface area contributed by atoms with Crippen LogP contribution in [0.25, 0.3) is 0 Å². The minimum atomic E-state index is -0.220. The van der Waals surface area contributed by atoms with Crippen LogP contribution < -0.4 is 10.6 Å². The molecule has 0 heterocycles. The van der Waals surface area contributed by atoms with E-state index < -0.39 is 0 Å². The van der Waals surface area contributed by atoms with Crippen LogP contribution in [0, 0.1) is 0 Å². The Balaban J connectivity index is 1.63. The Hall–Kier alpha value is -5.90. The van der Waals surface area contributed by atoms with E-state index in [1.54, 1.807) is 9.80 Å². The molecule has 10 heteroatoms. The third-order valence-corrected chi connectivity index (χ3v) is 9.42. The van der Waals surface area contributed by atoms with E-state index in [1.807, 2.05) is 149 Å². The summed E-state index contributed by atoms with van der Waals surface area (Å²) in [7, 11) is 0. The van der Waals surface area contributed by atoms with Crippen LogP contribution in [0.15, 0.2) is 141 Å². The molecule has 2 atom stereocenters. The predicted octanol–water partition coefficient (Wildman–Crippen LogP) is 8.19. The molecule has 2 N–H and O–H groups in total. The number of hydrogen-bond donors (Lipinski definition) is 2. The highest BCUT2D eigenvalue weighted by atomic mass is 16.2. The van der Waals surface area contributed by atoms with Gasteiger partial charge in [0.15, 0.2) is 11.7 Å². The third kappa shape index (κ3) is 10.8. The average Bonchev–Trinajstić information content (AvgIpc) is 3.22. The lowest BCUT2D eigenvalue weighted by Crippen LogP contribution is -2.43. The van der Waals surface area contributed by atoms with Crippen molar-refractivity contribution in [1.29, 1.82) is 0 Å². The summed E-state index contributed by atoms with van der Waals surface area (Å²) in [6.45, 7) is 10.1. The van der Waals surface area contributed by atoms with Gasteiger partial charge in [0.05, 0.1) is 12.1 Å². The summed E-state index contributed by atoms with van der Waals surface area (Å²) in [5.74, 6) is 1.89. The fraction of sp³-hybridized carbons (Fsp3) is 0.318. The molecule has 2 unspecified atom stereocenters. The van der Waals surface area contributed by atoms with E-state index in [-0.39, 0.29) is 24.1 Å². The summed E-state index contributed by atoms with van der Waals surface area (Å²) in [6, 6.07) is 38.2. The fourth-order valence-electron chi connectivity index (χ4n) is 6.33. The van der Waals surface area contributed by atoms with Crippen LogP contribution in [0.3, 0.4) is 0 Å². The molecule has 4 amide bonds. The highest BCUT2D eigenvalue weighted by Crippen LogP contribution is 2.26. The molecule has 0 radical (unpaired) electrons. The number of nitrogens with zero attached hydrogens (tertiary/aromatic N) is 6. The molecule has 1 aliphatic carbocycles. The predicted molar refractivity (Wildman–Crippen MR) is 221 cm³/mol. The lowest BCUT2D eigenvalue weighted by Gasteiger charge is -2.27. The van der Waals surface area contributed by atoms with Crippen molar-refractivity contribution in [3.05, 3.63) is 144 Å². The van der Waals surface area contributed by atoms with Gasteiger partial charge in [0.2, 0.25) is 0 Å². The first kappa shape index (κ1) is 39.3.